The van der Waals surface area contributed by atoms with Crippen LogP contribution in [0.4, 0.5) is 11.4 Å². The van der Waals surface area contributed by atoms with E-state index in [0.717, 1.165) is 0 Å². The number of carbonyl (C=O) groups excluding carboxylic acids is 3. The summed E-state index contributed by atoms with van der Waals surface area (Å²) in [4.78, 5) is 36.5. The summed E-state index contributed by atoms with van der Waals surface area (Å²) in [6.07, 6.45) is -0.0886. The van der Waals surface area contributed by atoms with Crippen molar-refractivity contribution in [2.24, 2.45) is 5.10 Å². The average Bonchev–Trinajstić information content (AvgIpc) is 2.79. The molecule has 10 nitrogen and oxygen atoms in total. The van der Waals surface area contributed by atoms with E-state index in [9.17, 15) is 14.4 Å². The minimum Gasteiger partial charge on any atom is -0.497 e. The molecule has 170 valence electrons. The Kier molecular flexibility index (Phi) is 9.03. The second-order valence-electron chi connectivity index (χ2n) is 6.46. The lowest BCUT2D eigenvalue weighted by Gasteiger charge is -2.11. The summed E-state index contributed by atoms with van der Waals surface area (Å²) in [5, 5.41) is 8.97. The van der Waals surface area contributed by atoms with Gasteiger partial charge in [0.2, 0.25) is 5.91 Å². The minimum atomic E-state index is -0.996. The first kappa shape index (κ1) is 24.2. The zero-order valence-corrected chi connectivity index (χ0v) is 18.4. The maximum atomic E-state index is 12.3. The topological polar surface area (TPSA) is 127 Å². The number of methoxy groups -OCH3 is 2. The fourth-order valence-electron chi connectivity index (χ4n) is 2.60. The minimum absolute atomic E-state index is 0.0886. The van der Waals surface area contributed by atoms with Crippen molar-refractivity contribution < 1.29 is 28.6 Å². The van der Waals surface area contributed by atoms with Crippen molar-refractivity contribution in [2.45, 2.75) is 20.3 Å². The summed E-state index contributed by atoms with van der Waals surface area (Å²) in [5.41, 5.74) is 3.26. The predicted molar refractivity (Wildman–Crippen MR) is 120 cm³/mol. The number of hydrogen-bond donors (Lipinski definition) is 3. The van der Waals surface area contributed by atoms with Gasteiger partial charge in [-0.1, -0.05) is 12.1 Å². The van der Waals surface area contributed by atoms with Crippen molar-refractivity contribution in [3.05, 3.63) is 42.5 Å². The Morgan fingerprint density at radius 1 is 0.906 bits per heavy atom. The number of ether oxygens (including phenoxy) is 3. The fraction of sp³-hybridized carbons (Fsp3) is 0.273. The van der Waals surface area contributed by atoms with E-state index >= 15 is 0 Å². The summed E-state index contributed by atoms with van der Waals surface area (Å²) < 4.78 is 15.7. The fourth-order valence-corrected chi connectivity index (χ4v) is 2.60. The monoisotopic (exact) mass is 442 g/mol. The van der Waals surface area contributed by atoms with Crippen molar-refractivity contribution >= 4 is 34.8 Å². The van der Waals surface area contributed by atoms with E-state index in [1.807, 2.05) is 6.92 Å². The highest BCUT2D eigenvalue weighted by atomic mass is 16.5. The van der Waals surface area contributed by atoms with Crippen LogP contribution in [0.15, 0.2) is 47.6 Å². The number of nitrogens with one attached hydrogen (secondary N) is 3. The molecule has 0 aliphatic rings. The third-order valence-corrected chi connectivity index (χ3v) is 4.09. The van der Waals surface area contributed by atoms with Crippen LogP contribution in [0.1, 0.15) is 20.3 Å². The van der Waals surface area contributed by atoms with E-state index in [1.165, 1.54) is 14.2 Å². The number of rotatable bonds is 9. The molecule has 0 aliphatic carbocycles. The van der Waals surface area contributed by atoms with Gasteiger partial charge in [0.05, 0.1) is 38.6 Å². The van der Waals surface area contributed by atoms with E-state index in [-0.39, 0.29) is 12.3 Å². The molecule has 0 saturated heterocycles. The molecular formula is C22H26N4O6. The second kappa shape index (κ2) is 11.9. The summed E-state index contributed by atoms with van der Waals surface area (Å²) >= 11 is 0. The molecule has 2 aromatic carbocycles. The van der Waals surface area contributed by atoms with E-state index < -0.39 is 11.8 Å². The summed E-state index contributed by atoms with van der Waals surface area (Å²) in [7, 11) is 2.93. The van der Waals surface area contributed by atoms with Crippen LogP contribution in [-0.2, 0) is 14.4 Å². The maximum Gasteiger partial charge on any atom is 0.329 e. The van der Waals surface area contributed by atoms with E-state index in [4.69, 9.17) is 14.2 Å². The predicted octanol–water partition coefficient (Wildman–Crippen LogP) is 2.56. The van der Waals surface area contributed by atoms with Gasteiger partial charge < -0.3 is 24.8 Å². The Hall–Kier alpha value is -4.08. The van der Waals surface area contributed by atoms with Gasteiger partial charge in [-0.15, -0.1) is 0 Å². The third kappa shape index (κ3) is 7.01. The number of benzene rings is 2. The Balaban J connectivity index is 1.91. The van der Waals surface area contributed by atoms with E-state index in [2.05, 4.69) is 21.2 Å². The van der Waals surface area contributed by atoms with Crippen LogP contribution in [0.3, 0.4) is 0 Å². The van der Waals surface area contributed by atoms with Crippen LogP contribution in [-0.4, -0.2) is 44.3 Å². The highest BCUT2D eigenvalue weighted by Gasteiger charge is 2.16. The molecule has 0 heterocycles. The zero-order chi connectivity index (χ0) is 23.5. The molecule has 10 heteroatoms. The lowest BCUT2D eigenvalue weighted by Crippen LogP contribution is -2.33. The Bertz CT molecular complexity index is 1010. The highest BCUT2D eigenvalue weighted by Crippen LogP contribution is 2.29. The largest absolute Gasteiger partial charge is 0.497 e. The molecule has 0 spiro atoms. The molecule has 0 aliphatic heterocycles. The lowest BCUT2D eigenvalue weighted by atomic mass is 10.2. The van der Waals surface area contributed by atoms with Gasteiger partial charge in [-0.25, -0.2) is 5.43 Å². The molecule has 3 amide bonds. The molecule has 0 saturated carbocycles. The van der Waals surface area contributed by atoms with Gasteiger partial charge >= 0.3 is 11.8 Å². The van der Waals surface area contributed by atoms with Crippen LogP contribution >= 0.6 is 0 Å². The number of hydrogen-bond acceptors (Lipinski definition) is 7. The van der Waals surface area contributed by atoms with Crippen LogP contribution in [0.25, 0.3) is 0 Å². The van der Waals surface area contributed by atoms with Crippen LogP contribution in [0.5, 0.6) is 17.2 Å². The van der Waals surface area contributed by atoms with Crippen molar-refractivity contribution in [1.29, 1.82) is 0 Å². The second-order valence-corrected chi connectivity index (χ2v) is 6.46. The number of nitrogens with zero attached hydrogens (tertiary/aromatic N) is 1. The standard InChI is InChI=1S/C22H26N4O6/c1-5-32-18-9-7-6-8-16(18)23-20(27)12-14(2)25-26-22(29)21(28)24-17-11-10-15(30-3)13-19(17)31-4/h6-11,13H,5,12H2,1-4H3,(H,23,27)(H,24,28)(H,26,29)/b25-14-. The SMILES string of the molecule is CCOc1ccccc1NC(=O)C/C(C)=N\NC(=O)C(=O)Nc1ccc(OC)cc1OC. The summed E-state index contributed by atoms with van der Waals surface area (Å²) in [5.74, 6) is -0.873. The number of para-hydroxylation sites is 2. The molecule has 0 fully saturated rings. The van der Waals surface area contributed by atoms with Crippen molar-refractivity contribution in [3.63, 3.8) is 0 Å². The zero-order valence-electron chi connectivity index (χ0n) is 18.4. The molecule has 0 atom stereocenters. The Morgan fingerprint density at radius 3 is 2.31 bits per heavy atom. The molecule has 2 rings (SSSR count). The molecule has 0 bridgehead atoms. The smallest absolute Gasteiger partial charge is 0.329 e. The molecule has 2 aromatic rings. The van der Waals surface area contributed by atoms with Gasteiger partial charge in [-0.05, 0) is 38.1 Å². The quantitative estimate of drug-likeness (QED) is 0.311. The van der Waals surface area contributed by atoms with Gasteiger partial charge in [0, 0.05) is 11.8 Å². The average molecular weight is 442 g/mol. The molecule has 0 unspecified atom stereocenters. The molecular weight excluding hydrogens is 416 g/mol. The van der Waals surface area contributed by atoms with Crippen molar-refractivity contribution in [2.75, 3.05) is 31.5 Å². The Morgan fingerprint density at radius 2 is 1.62 bits per heavy atom. The molecule has 0 aromatic heterocycles. The molecule has 32 heavy (non-hydrogen) atoms. The number of amides is 3. The number of anilines is 2. The van der Waals surface area contributed by atoms with Gasteiger partial charge in [-0.2, -0.15) is 5.10 Å². The first-order chi connectivity index (χ1) is 15.4. The van der Waals surface area contributed by atoms with Gasteiger partial charge in [0.25, 0.3) is 0 Å². The molecule has 3 N–H and O–H groups in total. The summed E-state index contributed by atoms with van der Waals surface area (Å²) in [6, 6.07) is 11.8. The molecule has 0 radical (unpaired) electrons. The van der Waals surface area contributed by atoms with E-state index in [1.54, 1.807) is 49.4 Å². The van der Waals surface area contributed by atoms with Gasteiger partial charge in [-0.3, -0.25) is 14.4 Å². The van der Waals surface area contributed by atoms with Gasteiger partial charge in [0.1, 0.15) is 17.2 Å². The first-order valence-electron chi connectivity index (χ1n) is 9.76. The Labute approximate surface area is 185 Å². The first-order valence-corrected chi connectivity index (χ1v) is 9.76. The van der Waals surface area contributed by atoms with Crippen molar-refractivity contribution in [3.8, 4) is 17.2 Å². The lowest BCUT2D eigenvalue weighted by molar-refractivity contribution is -0.136. The van der Waals surface area contributed by atoms with Crippen LogP contribution < -0.4 is 30.3 Å². The number of hydrazone groups is 1. The van der Waals surface area contributed by atoms with Gasteiger partial charge in [0.15, 0.2) is 0 Å². The van der Waals surface area contributed by atoms with Crippen LogP contribution in [0, 0.1) is 0 Å². The highest BCUT2D eigenvalue weighted by molar-refractivity contribution is 6.39. The van der Waals surface area contributed by atoms with Crippen molar-refractivity contribution in [1.82, 2.24) is 5.43 Å². The van der Waals surface area contributed by atoms with E-state index in [0.29, 0.717) is 40.9 Å². The normalized spacial score (nSPS) is 10.7. The number of carbonyl (C=O) groups is 3. The summed E-state index contributed by atoms with van der Waals surface area (Å²) in [6.45, 7) is 3.86. The maximum absolute atomic E-state index is 12.3. The third-order valence-electron chi connectivity index (χ3n) is 4.09. The van der Waals surface area contributed by atoms with Crippen LogP contribution in [0.2, 0.25) is 0 Å².